The first-order chi connectivity index (χ1) is 9.84. The molecule has 1 heterocycles. The maximum Gasteiger partial charge on any atom is 0.0372 e. The van der Waals surface area contributed by atoms with E-state index in [0.29, 0.717) is 0 Å². The zero-order valence-electron chi connectivity index (χ0n) is 11.9. The fourth-order valence-corrected chi connectivity index (χ4v) is 2.85. The molecule has 2 aromatic carbocycles. The van der Waals surface area contributed by atoms with E-state index in [0.717, 1.165) is 5.57 Å². The molecule has 0 amide bonds. The standard InChI is InChI=1S/C19H21N/c1-16(17-9-4-2-5-10-17)18-11-8-12-19(15-18)20-13-6-3-7-14-20/h2,4-5,8-12,15H,1,3,6-7,13-14H2. The van der Waals surface area contributed by atoms with Gasteiger partial charge in [-0.1, -0.05) is 49.0 Å². The van der Waals surface area contributed by atoms with Crippen molar-refractivity contribution in [3.8, 4) is 0 Å². The lowest BCUT2D eigenvalue weighted by molar-refractivity contribution is 0.578. The van der Waals surface area contributed by atoms with Gasteiger partial charge in [0.2, 0.25) is 0 Å². The first-order valence-electron chi connectivity index (χ1n) is 7.44. The Kier molecular flexibility index (Phi) is 3.87. The van der Waals surface area contributed by atoms with E-state index in [1.807, 2.05) is 6.07 Å². The van der Waals surface area contributed by atoms with Gasteiger partial charge in [-0.25, -0.2) is 0 Å². The number of benzene rings is 2. The Morgan fingerprint density at radius 2 is 1.50 bits per heavy atom. The van der Waals surface area contributed by atoms with Crippen LogP contribution in [0.25, 0.3) is 5.57 Å². The van der Waals surface area contributed by atoms with Crippen LogP contribution in [0.3, 0.4) is 0 Å². The molecule has 2 aromatic rings. The minimum atomic E-state index is 1.10. The smallest absolute Gasteiger partial charge is 0.0372 e. The average molecular weight is 263 g/mol. The van der Waals surface area contributed by atoms with E-state index in [-0.39, 0.29) is 0 Å². The Hall–Kier alpha value is -2.02. The van der Waals surface area contributed by atoms with Crippen LogP contribution >= 0.6 is 0 Å². The molecule has 1 saturated heterocycles. The Bertz CT molecular complexity index is 580. The number of anilines is 1. The van der Waals surface area contributed by atoms with Crippen LogP contribution < -0.4 is 4.90 Å². The summed E-state index contributed by atoms with van der Waals surface area (Å²) in [5.41, 5.74) is 4.85. The normalized spacial score (nSPS) is 15.1. The summed E-state index contributed by atoms with van der Waals surface area (Å²) in [6.45, 7) is 6.63. The Balaban J connectivity index is 1.85. The molecule has 1 fully saturated rings. The number of nitrogens with zero attached hydrogens (tertiary/aromatic N) is 1. The van der Waals surface area contributed by atoms with Gasteiger partial charge >= 0.3 is 0 Å². The van der Waals surface area contributed by atoms with E-state index in [4.69, 9.17) is 0 Å². The third kappa shape index (κ3) is 2.77. The molecular formula is C19H21N. The summed E-state index contributed by atoms with van der Waals surface area (Å²) >= 11 is 0. The second-order valence-electron chi connectivity index (χ2n) is 5.44. The molecule has 0 aliphatic carbocycles. The van der Waals surface area contributed by atoms with Crippen LogP contribution in [-0.4, -0.2) is 13.1 Å². The number of rotatable bonds is 3. The van der Waals surface area contributed by atoms with Crippen molar-refractivity contribution in [3.63, 3.8) is 0 Å². The molecule has 1 aliphatic rings. The summed E-state index contributed by atoms with van der Waals surface area (Å²) in [5.74, 6) is 0. The fraction of sp³-hybridized carbons (Fsp3) is 0.263. The van der Waals surface area contributed by atoms with E-state index < -0.39 is 0 Å². The molecule has 20 heavy (non-hydrogen) atoms. The van der Waals surface area contributed by atoms with E-state index in [2.05, 4.69) is 60.0 Å². The van der Waals surface area contributed by atoms with Gasteiger partial charge in [0.25, 0.3) is 0 Å². The monoisotopic (exact) mass is 263 g/mol. The topological polar surface area (TPSA) is 3.24 Å². The van der Waals surface area contributed by atoms with Gasteiger partial charge in [-0.15, -0.1) is 0 Å². The molecule has 0 spiro atoms. The van der Waals surface area contributed by atoms with E-state index in [1.54, 1.807) is 0 Å². The Morgan fingerprint density at radius 3 is 2.25 bits per heavy atom. The highest BCUT2D eigenvalue weighted by molar-refractivity contribution is 5.79. The van der Waals surface area contributed by atoms with Crippen molar-refractivity contribution in [3.05, 3.63) is 72.3 Å². The third-order valence-corrected chi connectivity index (χ3v) is 4.04. The van der Waals surface area contributed by atoms with Crippen LogP contribution in [-0.2, 0) is 0 Å². The average Bonchev–Trinajstić information content (AvgIpc) is 2.56. The number of hydrogen-bond donors (Lipinski definition) is 0. The van der Waals surface area contributed by atoms with Gasteiger partial charge in [0, 0.05) is 18.8 Å². The van der Waals surface area contributed by atoms with Gasteiger partial charge in [0.05, 0.1) is 0 Å². The Morgan fingerprint density at radius 1 is 0.800 bits per heavy atom. The zero-order valence-corrected chi connectivity index (χ0v) is 11.9. The molecule has 1 nitrogen and oxygen atoms in total. The maximum atomic E-state index is 4.26. The molecule has 1 heteroatoms. The second-order valence-corrected chi connectivity index (χ2v) is 5.44. The first-order valence-corrected chi connectivity index (χ1v) is 7.44. The van der Waals surface area contributed by atoms with Crippen molar-refractivity contribution in [2.24, 2.45) is 0 Å². The highest BCUT2D eigenvalue weighted by Gasteiger charge is 2.11. The lowest BCUT2D eigenvalue weighted by Gasteiger charge is -2.29. The van der Waals surface area contributed by atoms with Gasteiger partial charge < -0.3 is 4.90 Å². The fourth-order valence-electron chi connectivity index (χ4n) is 2.85. The lowest BCUT2D eigenvalue weighted by Crippen LogP contribution is -2.29. The summed E-state index contributed by atoms with van der Waals surface area (Å²) in [5, 5.41) is 0. The minimum absolute atomic E-state index is 1.10. The summed E-state index contributed by atoms with van der Waals surface area (Å²) < 4.78 is 0. The van der Waals surface area contributed by atoms with E-state index in [1.165, 1.54) is 49.2 Å². The van der Waals surface area contributed by atoms with Crippen molar-refractivity contribution in [2.75, 3.05) is 18.0 Å². The summed E-state index contributed by atoms with van der Waals surface area (Å²) in [7, 11) is 0. The molecular weight excluding hydrogens is 242 g/mol. The molecule has 0 saturated carbocycles. The quantitative estimate of drug-likeness (QED) is 0.773. The molecule has 102 valence electrons. The van der Waals surface area contributed by atoms with Gasteiger partial charge in [0.1, 0.15) is 0 Å². The highest BCUT2D eigenvalue weighted by atomic mass is 15.1. The first kappa shape index (κ1) is 13.0. The third-order valence-electron chi connectivity index (χ3n) is 4.04. The molecule has 0 bridgehead atoms. The predicted molar refractivity (Wildman–Crippen MR) is 87.1 cm³/mol. The van der Waals surface area contributed by atoms with Crippen LogP contribution in [0.15, 0.2) is 61.2 Å². The molecule has 0 radical (unpaired) electrons. The Labute approximate surface area is 121 Å². The highest BCUT2D eigenvalue weighted by Crippen LogP contribution is 2.26. The molecule has 0 unspecified atom stereocenters. The predicted octanol–water partition coefficient (Wildman–Crippen LogP) is 4.74. The molecule has 3 rings (SSSR count). The van der Waals surface area contributed by atoms with Crippen molar-refractivity contribution >= 4 is 11.3 Å². The van der Waals surface area contributed by atoms with Crippen LogP contribution in [0.2, 0.25) is 0 Å². The maximum absolute atomic E-state index is 4.26. The van der Waals surface area contributed by atoms with Gasteiger partial charge in [-0.05, 0) is 48.1 Å². The largest absolute Gasteiger partial charge is 0.372 e. The van der Waals surface area contributed by atoms with Gasteiger partial charge in [0.15, 0.2) is 0 Å². The van der Waals surface area contributed by atoms with Crippen molar-refractivity contribution < 1.29 is 0 Å². The molecule has 0 atom stereocenters. The minimum Gasteiger partial charge on any atom is -0.372 e. The van der Waals surface area contributed by atoms with Crippen molar-refractivity contribution in [1.82, 2.24) is 0 Å². The van der Waals surface area contributed by atoms with Crippen LogP contribution in [0, 0.1) is 0 Å². The van der Waals surface area contributed by atoms with E-state index in [9.17, 15) is 0 Å². The van der Waals surface area contributed by atoms with Crippen molar-refractivity contribution in [2.45, 2.75) is 19.3 Å². The van der Waals surface area contributed by atoms with Gasteiger partial charge in [-0.3, -0.25) is 0 Å². The summed E-state index contributed by atoms with van der Waals surface area (Å²) in [6.07, 6.45) is 3.99. The SMILES string of the molecule is C=C(c1ccccc1)c1cccc(N2CCCCC2)c1. The van der Waals surface area contributed by atoms with Gasteiger partial charge in [-0.2, -0.15) is 0 Å². The second kappa shape index (κ2) is 5.96. The zero-order chi connectivity index (χ0) is 13.8. The van der Waals surface area contributed by atoms with Crippen molar-refractivity contribution in [1.29, 1.82) is 0 Å². The number of hydrogen-bond acceptors (Lipinski definition) is 1. The van der Waals surface area contributed by atoms with Crippen LogP contribution in [0.4, 0.5) is 5.69 Å². The molecule has 0 aromatic heterocycles. The van der Waals surface area contributed by atoms with E-state index >= 15 is 0 Å². The lowest BCUT2D eigenvalue weighted by atomic mass is 9.99. The summed E-state index contributed by atoms with van der Waals surface area (Å²) in [4.78, 5) is 2.49. The molecule has 1 aliphatic heterocycles. The van der Waals surface area contributed by atoms with Crippen LogP contribution in [0.1, 0.15) is 30.4 Å². The molecule has 0 N–H and O–H groups in total. The number of piperidine rings is 1. The summed E-state index contributed by atoms with van der Waals surface area (Å²) in [6, 6.07) is 19.2. The van der Waals surface area contributed by atoms with Crippen LogP contribution in [0.5, 0.6) is 0 Å².